The fourth-order valence-electron chi connectivity index (χ4n) is 3.36. The summed E-state index contributed by atoms with van der Waals surface area (Å²) in [6.45, 7) is 1.92. The van der Waals surface area contributed by atoms with Gasteiger partial charge in [-0.3, -0.25) is 14.2 Å². The van der Waals surface area contributed by atoms with Crippen LogP contribution in [-0.2, 0) is 11.3 Å². The molecule has 4 rings (SSSR count). The van der Waals surface area contributed by atoms with Crippen LogP contribution in [0, 0.1) is 0 Å². The first kappa shape index (κ1) is 18.3. The fourth-order valence-corrected chi connectivity index (χ4v) is 5.60. The molecule has 1 unspecified atom stereocenters. The molecule has 1 fully saturated rings. The topological polar surface area (TPSA) is 55.2 Å². The van der Waals surface area contributed by atoms with Gasteiger partial charge in [-0.15, -0.1) is 11.3 Å². The van der Waals surface area contributed by atoms with Crippen LogP contribution in [-0.4, -0.2) is 39.2 Å². The van der Waals surface area contributed by atoms with Crippen molar-refractivity contribution in [3.8, 4) is 0 Å². The van der Waals surface area contributed by atoms with E-state index in [9.17, 15) is 9.59 Å². The van der Waals surface area contributed by atoms with Crippen molar-refractivity contribution in [3.63, 3.8) is 0 Å². The highest BCUT2D eigenvalue weighted by atomic mass is 32.2. The minimum absolute atomic E-state index is 0.0856. The van der Waals surface area contributed by atoms with Crippen molar-refractivity contribution in [1.82, 2.24) is 14.5 Å². The lowest BCUT2D eigenvalue weighted by atomic mass is 10.2. The molecule has 0 spiro atoms. The molecule has 1 aromatic carbocycles. The summed E-state index contributed by atoms with van der Waals surface area (Å²) in [5.74, 6) is 1.06. The van der Waals surface area contributed by atoms with Gasteiger partial charge in [-0.25, -0.2) is 4.98 Å². The van der Waals surface area contributed by atoms with Crippen molar-refractivity contribution in [2.75, 3.05) is 18.8 Å². The van der Waals surface area contributed by atoms with E-state index in [1.807, 2.05) is 34.9 Å². The third-order valence-corrected chi connectivity index (χ3v) is 7.30. The summed E-state index contributed by atoms with van der Waals surface area (Å²) in [4.78, 5) is 32.9. The van der Waals surface area contributed by atoms with Crippen molar-refractivity contribution in [1.29, 1.82) is 0 Å². The Morgan fingerprint density at radius 2 is 2.07 bits per heavy atom. The zero-order valence-electron chi connectivity index (χ0n) is 14.9. The largest absolute Gasteiger partial charge is 0.342 e. The summed E-state index contributed by atoms with van der Waals surface area (Å²) in [5, 5.41) is 3.19. The SMILES string of the molecule is O=C(CCn1cnc2ccccc2c1=O)N1CCSC(c2cccs2)CC1. The highest BCUT2D eigenvalue weighted by Crippen LogP contribution is 2.36. The lowest BCUT2D eigenvalue weighted by molar-refractivity contribution is -0.131. The van der Waals surface area contributed by atoms with Gasteiger partial charge in [0.15, 0.2) is 0 Å². The van der Waals surface area contributed by atoms with Crippen LogP contribution in [0.5, 0.6) is 0 Å². The molecule has 1 atom stereocenters. The van der Waals surface area contributed by atoms with E-state index in [4.69, 9.17) is 0 Å². The van der Waals surface area contributed by atoms with Gasteiger partial charge < -0.3 is 4.90 Å². The quantitative estimate of drug-likeness (QED) is 0.673. The number of amides is 1. The highest BCUT2D eigenvalue weighted by molar-refractivity contribution is 7.99. The number of hydrogen-bond donors (Lipinski definition) is 0. The molecule has 1 aliphatic heterocycles. The van der Waals surface area contributed by atoms with E-state index < -0.39 is 0 Å². The smallest absolute Gasteiger partial charge is 0.261 e. The number of thiophene rings is 1. The number of carbonyl (C=O) groups is 1. The molecule has 1 aliphatic rings. The van der Waals surface area contributed by atoms with Gasteiger partial charge in [0, 0.05) is 41.9 Å². The summed E-state index contributed by atoms with van der Waals surface area (Å²) in [7, 11) is 0. The Morgan fingerprint density at radius 1 is 1.19 bits per heavy atom. The predicted octanol–water partition coefficient (Wildman–Crippen LogP) is 3.55. The summed E-state index contributed by atoms with van der Waals surface area (Å²) in [5.41, 5.74) is 0.604. The minimum atomic E-state index is -0.0856. The molecule has 0 N–H and O–H groups in total. The van der Waals surface area contributed by atoms with E-state index in [0.717, 1.165) is 25.3 Å². The molecular formula is C20H21N3O2S2. The molecule has 27 heavy (non-hydrogen) atoms. The van der Waals surface area contributed by atoms with Crippen LogP contribution in [0.25, 0.3) is 10.9 Å². The first-order valence-corrected chi connectivity index (χ1v) is 11.0. The summed E-state index contributed by atoms with van der Waals surface area (Å²) >= 11 is 3.72. The first-order chi connectivity index (χ1) is 13.2. The fraction of sp³-hybridized carbons (Fsp3) is 0.350. The van der Waals surface area contributed by atoms with Crippen LogP contribution < -0.4 is 5.56 Å². The van der Waals surface area contributed by atoms with E-state index in [2.05, 4.69) is 22.5 Å². The number of rotatable bonds is 4. The molecule has 0 saturated carbocycles. The average molecular weight is 400 g/mol. The number of benzene rings is 1. The molecule has 1 amide bonds. The molecule has 0 aliphatic carbocycles. The maximum Gasteiger partial charge on any atom is 0.261 e. The van der Waals surface area contributed by atoms with Crippen molar-refractivity contribution >= 4 is 39.9 Å². The summed E-state index contributed by atoms with van der Waals surface area (Å²) in [6.07, 6.45) is 2.85. The summed E-state index contributed by atoms with van der Waals surface area (Å²) in [6, 6.07) is 11.6. The molecule has 0 radical (unpaired) electrons. The van der Waals surface area contributed by atoms with Crippen LogP contribution in [0.3, 0.4) is 0 Å². The molecule has 3 aromatic rings. The highest BCUT2D eigenvalue weighted by Gasteiger charge is 2.22. The van der Waals surface area contributed by atoms with E-state index in [0.29, 0.717) is 29.1 Å². The molecular weight excluding hydrogens is 378 g/mol. The van der Waals surface area contributed by atoms with Crippen molar-refractivity contribution in [2.24, 2.45) is 0 Å². The van der Waals surface area contributed by atoms with Crippen LogP contribution in [0.4, 0.5) is 0 Å². The molecule has 140 valence electrons. The summed E-state index contributed by atoms with van der Waals surface area (Å²) < 4.78 is 1.54. The number of thioether (sulfide) groups is 1. The van der Waals surface area contributed by atoms with Crippen molar-refractivity contribution in [3.05, 3.63) is 63.3 Å². The number of para-hydroxylation sites is 1. The van der Waals surface area contributed by atoms with Gasteiger partial charge in [-0.2, -0.15) is 11.8 Å². The van der Waals surface area contributed by atoms with Gasteiger partial charge in [-0.05, 0) is 30.0 Å². The number of aryl methyl sites for hydroxylation is 1. The van der Waals surface area contributed by atoms with Crippen LogP contribution in [0.1, 0.15) is 23.0 Å². The number of aromatic nitrogens is 2. The molecule has 0 bridgehead atoms. The number of carbonyl (C=O) groups excluding carboxylic acids is 1. The van der Waals surface area contributed by atoms with Crippen molar-refractivity contribution in [2.45, 2.75) is 24.6 Å². The van der Waals surface area contributed by atoms with Gasteiger partial charge in [-0.1, -0.05) is 18.2 Å². The van der Waals surface area contributed by atoms with Crippen LogP contribution >= 0.6 is 23.1 Å². The standard InChI is InChI=1S/C20H21N3O2S2/c24-19(22-9-7-18(27-13-11-22)17-6-3-12-26-17)8-10-23-14-21-16-5-2-1-4-15(16)20(23)25/h1-6,12,14,18H,7-11,13H2. The first-order valence-electron chi connectivity index (χ1n) is 9.09. The normalized spacial score (nSPS) is 17.8. The van der Waals surface area contributed by atoms with E-state index in [1.165, 1.54) is 4.88 Å². The lowest BCUT2D eigenvalue weighted by Crippen LogP contribution is -2.34. The van der Waals surface area contributed by atoms with Crippen LogP contribution in [0.15, 0.2) is 52.9 Å². The second kappa shape index (κ2) is 8.27. The van der Waals surface area contributed by atoms with Gasteiger partial charge in [0.25, 0.3) is 5.56 Å². The van der Waals surface area contributed by atoms with Crippen LogP contribution in [0.2, 0.25) is 0 Å². The second-order valence-electron chi connectivity index (χ2n) is 6.55. The Bertz CT molecular complexity index is 984. The lowest BCUT2D eigenvalue weighted by Gasteiger charge is -2.20. The van der Waals surface area contributed by atoms with Gasteiger partial charge >= 0.3 is 0 Å². The third kappa shape index (κ3) is 4.09. The zero-order valence-corrected chi connectivity index (χ0v) is 16.5. The Balaban J connectivity index is 1.38. The van der Waals surface area contributed by atoms with Gasteiger partial charge in [0.05, 0.1) is 17.2 Å². The minimum Gasteiger partial charge on any atom is -0.342 e. The third-order valence-electron chi connectivity index (χ3n) is 4.85. The Morgan fingerprint density at radius 3 is 2.93 bits per heavy atom. The molecule has 2 aromatic heterocycles. The Hall–Kier alpha value is -2.12. The van der Waals surface area contributed by atoms with Gasteiger partial charge in [0.2, 0.25) is 5.91 Å². The second-order valence-corrected chi connectivity index (χ2v) is 8.84. The van der Waals surface area contributed by atoms with E-state index >= 15 is 0 Å². The Labute approximate surface area is 166 Å². The molecule has 7 heteroatoms. The average Bonchev–Trinajstić information content (AvgIpc) is 3.12. The molecule has 3 heterocycles. The number of nitrogens with zero attached hydrogens (tertiary/aromatic N) is 3. The predicted molar refractivity (Wildman–Crippen MR) is 111 cm³/mol. The number of hydrogen-bond acceptors (Lipinski definition) is 5. The molecule has 1 saturated heterocycles. The van der Waals surface area contributed by atoms with E-state index in [1.54, 1.807) is 28.3 Å². The number of fused-ring (bicyclic) bond motifs is 1. The monoisotopic (exact) mass is 399 g/mol. The van der Waals surface area contributed by atoms with Crippen molar-refractivity contribution < 1.29 is 4.79 Å². The Kier molecular flexibility index (Phi) is 5.59. The van der Waals surface area contributed by atoms with E-state index in [-0.39, 0.29) is 11.5 Å². The van der Waals surface area contributed by atoms with Gasteiger partial charge in [0.1, 0.15) is 0 Å². The maximum atomic E-state index is 12.7. The molecule has 5 nitrogen and oxygen atoms in total. The zero-order chi connectivity index (χ0) is 18.6. The maximum absolute atomic E-state index is 12.7.